The molecule has 1 fully saturated rings. The standard InChI is InChI=1S/C28H29N3O3S/c1-20-8-7-11-26(21(20)2)30-14-16-31(17-15-30)28-24-18-22(34-3)12-13-25(24)29-19-27(28)35(32,33)23-9-5-4-6-10-23/h4-13,18-19H,14-17H2,1-3H3. The van der Waals surface area contributed by atoms with Crippen LogP contribution in [0.25, 0.3) is 10.9 Å². The maximum Gasteiger partial charge on any atom is 0.210 e. The number of anilines is 2. The highest BCUT2D eigenvalue weighted by molar-refractivity contribution is 7.91. The van der Waals surface area contributed by atoms with E-state index < -0.39 is 9.84 Å². The van der Waals surface area contributed by atoms with Crippen LogP contribution in [0, 0.1) is 13.8 Å². The van der Waals surface area contributed by atoms with E-state index in [1.54, 1.807) is 31.4 Å². The minimum absolute atomic E-state index is 0.227. The number of hydrogen-bond acceptors (Lipinski definition) is 6. The topological polar surface area (TPSA) is 62.7 Å². The highest BCUT2D eigenvalue weighted by atomic mass is 32.2. The van der Waals surface area contributed by atoms with Crippen molar-refractivity contribution in [3.63, 3.8) is 0 Å². The van der Waals surface area contributed by atoms with Crippen molar-refractivity contribution in [2.75, 3.05) is 43.1 Å². The highest BCUT2D eigenvalue weighted by Crippen LogP contribution is 2.38. The van der Waals surface area contributed by atoms with Gasteiger partial charge >= 0.3 is 0 Å². The summed E-state index contributed by atoms with van der Waals surface area (Å²) in [6.07, 6.45) is 1.50. The van der Waals surface area contributed by atoms with Crippen LogP contribution in [0.2, 0.25) is 0 Å². The Kier molecular flexibility index (Phi) is 6.11. The molecule has 1 aliphatic heterocycles. The van der Waals surface area contributed by atoms with Gasteiger partial charge in [-0.05, 0) is 61.4 Å². The zero-order chi connectivity index (χ0) is 24.6. The van der Waals surface area contributed by atoms with Gasteiger partial charge in [0, 0.05) is 43.4 Å². The summed E-state index contributed by atoms with van der Waals surface area (Å²) < 4.78 is 33.0. The average molecular weight is 488 g/mol. The molecule has 0 spiro atoms. The van der Waals surface area contributed by atoms with Crippen LogP contribution in [0.5, 0.6) is 5.75 Å². The van der Waals surface area contributed by atoms with Gasteiger partial charge in [0.2, 0.25) is 9.84 Å². The quantitative estimate of drug-likeness (QED) is 0.394. The summed E-state index contributed by atoms with van der Waals surface area (Å²) in [5, 5.41) is 0.779. The first-order chi connectivity index (χ1) is 16.9. The van der Waals surface area contributed by atoms with Crippen LogP contribution in [-0.2, 0) is 9.84 Å². The molecule has 180 valence electrons. The number of nitrogens with zero attached hydrogens (tertiary/aromatic N) is 3. The lowest BCUT2D eigenvalue weighted by atomic mass is 10.1. The number of benzene rings is 3. The van der Waals surface area contributed by atoms with Gasteiger partial charge in [0.05, 0.1) is 23.2 Å². The summed E-state index contributed by atoms with van der Waals surface area (Å²) >= 11 is 0. The molecule has 0 aliphatic carbocycles. The van der Waals surface area contributed by atoms with Crippen LogP contribution in [0.4, 0.5) is 11.4 Å². The minimum Gasteiger partial charge on any atom is -0.497 e. The van der Waals surface area contributed by atoms with E-state index in [2.05, 4.69) is 46.8 Å². The number of aryl methyl sites for hydroxylation is 1. The van der Waals surface area contributed by atoms with Crippen LogP contribution in [-0.4, -0.2) is 46.7 Å². The number of sulfone groups is 1. The molecule has 7 heteroatoms. The number of piperazine rings is 1. The first-order valence-electron chi connectivity index (χ1n) is 11.7. The fourth-order valence-corrected chi connectivity index (χ4v) is 6.22. The highest BCUT2D eigenvalue weighted by Gasteiger charge is 2.29. The number of ether oxygens (including phenoxy) is 1. The van der Waals surface area contributed by atoms with Crippen molar-refractivity contribution < 1.29 is 13.2 Å². The van der Waals surface area contributed by atoms with Crippen LogP contribution in [0.3, 0.4) is 0 Å². The van der Waals surface area contributed by atoms with E-state index in [-0.39, 0.29) is 9.79 Å². The Hall–Kier alpha value is -3.58. The van der Waals surface area contributed by atoms with E-state index >= 15 is 0 Å². The summed E-state index contributed by atoms with van der Waals surface area (Å²) in [5.41, 5.74) is 5.23. The van der Waals surface area contributed by atoms with E-state index in [9.17, 15) is 8.42 Å². The molecule has 2 heterocycles. The second kappa shape index (κ2) is 9.23. The molecule has 6 nitrogen and oxygen atoms in total. The molecule has 1 saturated heterocycles. The molecule has 0 radical (unpaired) electrons. The summed E-state index contributed by atoms with van der Waals surface area (Å²) in [6, 6.07) is 20.6. The van der Waals surface area contributed by atoms with Gasteiger partial charge in [-0.15, -0.1) is 0 Å². The lowest BCUT2D eigenvalue weighted by molar-refractivity contribution is 0.415. The van der Waals surface area contributed by atoms with Crippen molar-refractivity contribution in [1.29, 1.82) is 0 Å². The molecule has 3 aromatic carbocycles. The minimum atomic E-state index is -3.77. The van der Waals surface area contributed by atoms with E-state index in [4.69, 9.17) is 4.74 Å². The number of hydrogen-bond donors (Lipinski definition) is 0. The molecule has 0 bridgehead atoms. The number of pyridine rings is 1. The SMILES string of the molecule is COc1ccc2ncc(S(=O)(=O)c3ccccc3)c(N3CCN(c4cccc(C)c4C)CC3)c2c1. The number of rotatable bonds is 5. The molecule has 4 aromatic rings. The number of aromatic nitrogens is 1. The molecular weight excluding hydrogens is 458 g/mol. The summed E-state index contributed by atoms with van der Waals surface area (Å²) in [6.45, 7) is 7.27. The second-order valence-corrected chi connectivity index (χ2v) is 10.8. The van der Waals surface area contributed by atoms with Crippen molar-refractivity contribution in [2.45, 2.75) is 23.6 Å². The smallest absolute Gasteiger partial charge is 0.210 e. The monoisotopic (exact) mass is 487 g/mol. The summed E-state index contributed by atoms with van der Waals surface area (Å²) in [5.74, 6) is 0.670. The van der Waals surface area contributed by atoms with Crippen molar-refractivity contribution in [1.82, 2.24) is 4.98 Å². The third kappa shape index (κ3) is 4.21. The second-order valence-electron chi connectivity index (χ2n) is 8.86. The van der Waals surface area contributed by atoms with Crippen molar-refractivity contribution in [3.8, 4) is 5.75 Å². The Labute approximate surface area is 206 Å². The van der Waals surface area contributed by atoms with Gasteiger partial charge in [0.1, 0.15) is 10.6 Å². The van der Waals surface area contributed by atoms with Crippen LogP contribution >= 0.6 is 0 Å². The fraction of sp³-hybridized carbons (Fsp3) is 0.250. The third-order valence-corrected chi connectivity index (χ3v) is 8.64. The molecular formula is C28H29N3O3S. The van der Waals surface area contributed by atoms with Crippen LogP contribution in [0.15, 0.2) is 82.7 Å². The number of methoxy groups -OCH3 is 1. The maximum absolute atomic E-state index is 13.8. The largest absolute Gasteiger partial charge is 0.497 e. The van der Waals surface area contributed by atoms with Gasteiger partial charge in [-0.1, -0.05) is 30.3 Å². The molecule has 0 unspecified atom stereocenters. The van der Waals surface area contributed by atoms with Gasteiger partial charge in [-0.25, -0.2) is 8.42 Å². The average Bonchev–Trinajstić information content (AvgIpc) is 2.90. The normalized spacial score (nSPS) is 14.4. The van der Waals surface area contributed by atoms with E-state index in [0.29, 0.717) is 24.5 Å². The predicted octanol–water partition coefficient (Wildman–Crippen LogP) is 5.02. The van der Waals surface area contributed by atoms with Gasteiger partial charge < -0.3 is 14.5 Å². The Morgan fingerprint density at radius 2 is 1.57 bits per heavy atom. The molecule has 0 atom stereocenters. The van der Waals surface area contributed by atoms with E-state index in [1.165, 1.54) is 23.0 Å². The first-order valence-corrected chi connectivity index (χ1v) is 13.2. The van der Waals surface area contributed by atoms with Gasteiger partial charge in [0.25, 0.3) is 0 Å². The Morgan fingerprint density at radius 3 is 2.29 bits per heavy atom. The molecule has 1 aromatic heterocycles. The Balaban J connectivity index is 1.59. The van der Waals surface area contributed by atoms with Gasteiger partial charge in [-0.3, -0.25) is 4.98 Å². The molecule has 0 amide bonds. The number of fused-ring (bicyclic) bond motifs is 1. The lowest BCUT2D eigenvalue weighted by Crippen LogP contribution is -2.47. The molecule has 5 rings (SSSR count). The third-order valence-electron chi connectivity index (χ3n) is 6.87. The maximum atomic E-state index is 13.8. The Morgan fingerprint density at radius 1 is 0.857 bits per heavy atom. The fourth-order valence-electron chi connectivity index (χ4n) is 4.77. The molecule has 0 N–H and O–H groups in total. The van der Waals surface area contributed by atoms with Crippen molar-refractivity contribution >= 4 is 32.1 Å². The van der Waals surface area contributed by atoms with E-state index in [1.807, 2.05) is 24.3 Å². The first kappa shape index (κ1) is 23.2. The molecule has 0 saturated carbocycles. The van der Waals surface area contributed by atoms with Crippen molar-refractivity contribution in [3.05, 3.63) is 84.1 Å². The Bertz CT molecular complexity index is 1480. The summed E-state index contributed by atoms with van der Waals surface area (Å²) in [4.78, 5) is 9.57. The molecule has 1 aliphatic rings. The van der Waals surface area contributed by atoms with Crippen molar-refractivity contribution in [2.24, 2.45) is 0 Å². The zero-order valence-corrected chi connectivity index (χ0v) is 21.0. The summed E-state index contributed by atoms with van der Waals surface area (Å²) in [7, 11) is -2.15. The van der Waals surface area contributed by atoms with Gasteiger partial charge in [-0.2, -0.15) is 0 Å². The predicted molar refractivity (Wildman–Crippen MR) is 141 cm³/mol. The zero-order valence-electron chi connectivity index (χ0n) is 20.2. The lowest BCUT2D eigenvalue weighted by Gasteiger charge is -2.39. The van der Waals surface area contributed by atoms with Gasteiger partial charge in [0.15, 0.2) is 0 Å². The molecule has 35 heavy (non-hydrogen) atoms. The van der Waals surface area contributed by atoms with E-state index in [0.717, 1.165) is 24.0 Å². The van der Waals surface area contributed by atoms with Crippen LogP contribution in [0.1, 0.15) is 11.1 Å². The van der Waals surface area contributed by atoms with Crippen LogP contribution < -0.4 is 14.5 Å².